The molecule has 0 aliphatic heterocycles. The predicted molar refractivity (Wildman–Crippen MR) is 81.8 cm³/mol. The molecule has 22 heavy (non-hydrogen) atoms. The molecular weight excluding hydrogens is 304 g/mol. The minimum atomic E-state index is -0.396. The first-order chi connectivity index (χ1) is 10.6. The molecule has 1 aromatic carbocycles. The van der Waals surface area contributed by atoms with Gasteiger partial charge in [-0.05, 0) is 25.1 Å². The number of halogens is 1. The predicted octanol–water partition coefficient (Wildman–Crippen LogP) is 3.37. The maximum atomic E-state index is 12.3. The van der Waals surface area contributed by atoms with Crippen LogP contribution < -0.4 is 5.32 Å². The zero-order chi connectivity index (χ0) is 15.7. The topological polar surface area (TPSA) is 83.9 Å². The van der Waals surface area contributed by atoms with E-state index in [1.54, 1.807) is 37.4 Å². The Bertz CT molecular complexity index is 904. The molecule has 110 valence electrons. The Balaban J connectivity index is 1.88. The minimum absolute atomic E-state index is 0.123. The van der Waals surface area contributed by atoms with Crippen LogP contribution in [-0.4, -0.2) is 15.7 Å². The van der Waals surface area contributed by atoms with Crippen molar-refractivity contribution in [2.75, 3.05) is 5.32 Å². The summed E-state index contributed by atoms with van der Waals surface area (Å²) in [6.45, 7) is 1.92. The second-order valence-corrected chi connectivity index (χ2v) is 5.14. The molecule has 2 heterocycles. The third-order valence-electron chi connectivity index (χ3n) is 3.22. The first-order valence-corrected chi connectivity index (χ1v) is 6.86. The smallest absolute Gasteiger partial charge is 0.292 e. The molecule has 0 aliphatic carbocycles. The first kappa shape index (κ1) is 14.2. The van der Waals surface area contributed by atoms with E-state index in [2.05, 4.69) is 10.4 Å². The van der Waals surface area contributed by atoms with Crippen LogP contribution in [-0.2, 0) is 6.54 Å². The van der Waals surface area contributed by atoms with Gasteiger partial charge in [0.05, 0.1) is 6.07 Å². The molecule has 0 saturated heterocycles. The molecular formula is C15H11ClN4O2. The van der Waals surface area contributed by atoms with Crippen LogP contribution in [0.5, 0.6) is 0 Å². The van der Waals surface area contributed by atoms with E-state index in [1.165, 1.54) is 4.68 Å². The number of nitrogens with one attached hydrogen (secondary N) is 1. The molecule has 0 spiro atoms. The number of carbonyl (C=O) groups is 1. The molecule has 3 rings (SSSR count). The van der Waals surface area contributed by atoms with Crippen molar-refractivity contribution in [3.8, 4) is 6.07 Å². The van der Waals surface area contributed by atoms with Crippen LogP contribution in [0.2, 0.25) is 5.02 Å². The summed E-state index contributed by atoms with van der Waals surface area (Å²) in [4.78, 5) is 12.3. The Morgan fingerprint density at radius 1 is 1.50 bits per heavy atom. The standard InChI is InChI=1S/C15H11ClN4O2/c1-9-11-8-10(16)2-3-12(11)22-14(9)15(21)18-13-4-6-20(19-13)7-5-17/h2-4,6,8H,7H2,1H3,(H,18,19,21). The van der Waals surface area contributed by atoms with Crippen LogP contribution in [0, 0.1) is 18.3 Å². The number of nitriles is 1. The molecule has 6 nitrogen and oxygen atoms in total. The fourth-order valence-corrected chi connectivity index (χ4v) is 2.34. The van der Waals surface area contributed by atoms with Gasteiger partial charge in [-0.3, -0.25) is 9.48 Å². The van der Waals surface area contributed by atoms with Gasteiger partial charge in [0.2, 0.25) is 0 Å². The molecule has 2 aromatic heterocycles. The minimum Gasteiger partial charge on any atom is -0.451 e. The monoisotopic (exact) mass is 314 g/mol. The summed E-state index contributed by atoms with van der Waals surface area (Å²) in [5, 5.41) is 16.7. The van der Waals surface area contributed by atoms with Gasteiger partial charge in [0.1, 0.15) is 12.1 Å². The maximum absolute atomic E-state index is 12.3. The van der Waals surface area contributed by atoms with Crippen LogP contribution >= 0.6 is 11.6 Å². The van der Waals surface area contributed by atoms with E-state index in [0.29, 0.717) is 22.0 Å². The highest BCUT2D eigenvalue weighted by Crippen LogP contribution is 2.28. The van der Waals surface area contributed by atoms with E-state index in [-0.39, 0.29) is 12.3 Å². The summed E-state index contributed by atoms with van der Waals surface area (Å²) in [7, 11) is 0. The number of anilines is 1. The molecule has 0 saturated carbocycles. The SMILES string of the molecule is Cc1c(C(=O)Nc2ccn(CC#N)n2)oc2ccc(Cl)cc12. The third-order valence-corrected chi connectivity index (χ3v) is 3.45. The fraction of sp³-hybridized carbons (Fsp3) is 0.133. The van der Waals surface area contributed by atoms with Crippen molar-refractivity contribution in [1.82, 2.24) is 9.78 Å². The molecule has 0 atom stereocenters. The molecule has 3 aromatic rings. The van der Waals surface area contributed by atoms with Crippen molar-refractivity contribution in [2.45, 2.75) is 13.5 Å². The number of amides is 1. The quantitative estimate of drug-likeness (QED) is 0.803. The zero-order valence-electron chi connectivity index (χ0n) is 11.6. The van der Waals surface area contributed by atoms with E-state index in [1.807, 2.05) is 6.07 Å². The van der Waals surface area contributed by atoms with Gasteiger partial charge in [-0.1, -0.05) is 11.6 Å². The Morgan fingerprint density at radius 2 is 2.32 bits per heavy atom. The van der Waals surface area contributed by atoms with Crippen molar-refractivity contribution in [2.24, 2.45) is 0 Å². The average molecular weight is 315 g/mol. The molecule has 0 unspecified atom stereocenters. The fourth-order valence-electron chi connectivity index (χ4n) is 2.17. The van der Waals surface area contributed by atoms with Gasteiger partial charge in [0.15, 0.2) is 11.6 Å². The van der Waals surface area contributed by atoms with Crippen molar-refractivity contribution < 1.29 is 9.21 Å². The van der Waals surface area contributed by atoms with Gasteiger partial charge in [0.25, 0.3) is 5.91 Å². The van der Waals surface area contributed by atoms with E-state index in [4.69, 9.17) is 21.3 Å². The highest BCUT2D eigenvalue weighted by atomic mass is 35.5. The van der Waals surface area contributed by atoms with Crippen LogP contribution in [0.15, 0.2) is 34.9 Å². The van der Waals surface area contributed by atoms with E-state index in [9.17, 15) is 4.79 Å². The molecule has 1 N–H and O–H groups in total. The third kappa shape index (κ3) is 2.54. The van der Waals surface area contributed by atoms with Gasteiger partial charge in [0, 0.05) is 28.2 Å². The lowest BCUT2D eigenvalue weighted by Gasteiger charge is -1.99. The summed E-state index contributed by atoms with van der Waals surface area (Å²) in [6.07, 6.45) is 1.62. The highest BCUT2D eigenvalue weighted by molar-refractivity contribution is 6.31. The average Bonchev–Trinajstić information content (AvgIpc) is 3.05. The lowest BCUT2D eigenvalue weighted by molar-refractivity contribution is 0.0997. The molecule has 0 aliphatic rings. The zero-order valence-corrected chi connectivity index (χ0v) is 12.4. The number of hydrogen-bond donors (Lipinski definition) is 1. The maximum Gasteiger partial charge on any atom is 0.292 e. The number of carbonyl (C=O) groups excluding carboxylic acids is 1. The number of aryl methyl sites for hydroxylation is 1. The Hall–Kier alpha value is -2.78. The van der Waals surface area contributed by atoms with Gasteiger partial charge in [-0.15, -0.1) is 0 Å². The molecule has 0 bridgehead atoms. The number of rotatable bonds is 3. The normalized spacial score (nSPS) is 10.6. The largest absolute Gasteiger partial charge is 0.451 e. The molecule has 0 fully saturated rings. The van der Waals surface area contributed by atoms with Crippen molar-refractivity contribution in [3.63, 3.8) is 0 Å². The number of fused-ring (bicyclic) bond motifs is 1. The van der Waals surface area contributed by atoms with Crippen molar-refractivity contribution >= 4 is 34.3 Å². The number of nitrogens with zero attached hydrogens (tertiary/aromatic N) is 3. The first-order valence-electron chi connectivity index (χ1n) is 6.49. The van der Waals surface area contributed by atoms with Crippen LogP contribution in [0.3, 0.4) is 0 Å². The molecule has 0 radical (unpaired) electrons. The summed E-state index contributed by atoms with van der Waals surface area (Å²) in [5.41, 5.74) is 1.31. The lowest BCUT2D eigenvalue weighted by Crippen LogP contribution is -2.13. The Kier molecular flexibility index (Phi) is 3.57. The van der Waals surface area contributed by atoms with Gasteiger partial charge < -0.3 is 9.73 Å². The lowest BCUT2D eigenvalue weighted by atomic mass is 10.1. The van der Waals surface area contributed by atoms with E-state index in [0.717, 1.165) is 5.39 Å². The van der Waals surface area contributed by atoms with Gasteiger partial charge in [-0.25, -0.2) is 0 Å². The second kappa shape index (κ2) is 5.54. The Morgan fingerprint density at radius 3 is 3.09 bits per heavy atom. The summed E-state index contributed by atoms with van der Waals surface area (Å²) in [5.74, 6) is 0.178. The number of furan rings is 1. The number of aromatic nitrogens is 2. The van der Waals surface area contributed by atoms with Crippen molar-refractivity contribution in [1.29, 1.82) is 5.26 Å². The van der Waals surface area contributed by atoms with Gasteiger partial charge in [-0.2, -0.15) is 10.4 Å². The number of hydrogen-bond acceptors (Lipinski definition) is 4. The van der Waals surface area contributed by atoms with Gasteiger partial charge >= 0.3 is 0 Å². The second-order valence-electron chi connectivity index (χ2n) is 4.71. The molecule has 1 amide bonds. The van der Waals surface area contributed by atoms with Crippen LogP contribution in [0.25, 0.3) is 11.0 Å². The van der Waals surface area contributed by atoms with Crippen LogP contribution in [0.4, 0.5) is 5.82 Å². The Labute approximate surface area is 130 Å². The van der Waals surface area contributed by atoms with E-state index >= 15 is 0 Å². The summed E-state index contributed by atoms with van der Waals surface area (Å²) >= 11 is 5.96. The summed E-state index contributed by atoms with van der Waals surface area (Å²) in [6, 6.07) is 8.78. The van der Waals surface area contributed by atoms with Crippen LogP contribution in [0.1, 0.15) is 16.1 Å². The highest BCUT2D eigenvalue weighted by Gasteiger charge is 2.18. The number of benzene rings is 1. The molecule has 7 heteroatoms. The van der Waals surface area contributed by atoms with E-state index < -0.39 is 5.91 Å². The van der Waals surface area contributed by atoms with Crippen molar-refractivity contribution in [3.05, 3.63) is 46.8 Å². The summed E-state index contributed by atoms with van der Waals surface area (Å²) < 4.78 is 7.02.